The topological polar surface area (TPSA) is 68.0 Å². The largest absolute Gasteiger partial charge is 0.361 e. The summed E-state index contributed by atoms with van der Waals surface area (Å²) in [5, 5.41) is 7.78. The summed E-state index contributed by atoms with van der Waals surface area (Å²) in [5.74, 6) is 2.02. The standard InChI is InChI=1S/C16H19N3O2S/c1-3-11-8-14(11)18-15(20)13-5-4-6-17-16(13)22-9-12-7-10(2)21-19-12/h4-7,11,14H,3,8-9H2,1-2H3,(H,18,20)/t11-,14+/m1/s1. The van der Waals surface area contributed by atoms with Gasteiger partial charge in [0.05, 0.1) is 11.3 Å². The lowest BCUT2D eigenvalue weighted by Crippen LogP contribution is -2.27. The molecule has 1 aliphatic carbocycles. The van der Waals surface area contributed by atoms with Gasteiger partial charge < -0.3 is 9.84 Å². The van der Waals surface area contributed by atoms with Crippen LogP contribution in [0.25, 0.3) is 0 Å². The number of hydrogen-bond acceptors (Lipinski definition) is 5. The zero-order chi connectivity index (χ0) is 15.5. The number of amides is 1. The molecule has 22 heavy (non-hydrogen) atoms. The van der Waals surface area contributed by atoms with Crippen LogP contribution < -0.4 is 5.32 Å². The minimum absolute atomic E-state index is 0.0344. The van der Waals surface area contributed by atoms with E-state index >= 15 is 0 Å². The summed E-state index contributed by atoms with van der Waals surface area (Å²) in [6.07, 6.45) is 3.91. The molecular formula is C16H19N3O2S. The van der Waals surface area contributed by atoms with Crippen molar-refractivity contribution in [2.45, 2.75) is 43.5 Å². The third-order valence-corrected chi connectivity index (χ3v) is 4.85. The second-order valence-electron chi connectivity index (χ2n) is 5.56. The Morgan fingerprint density at radius 1 is 1.55 bits per heavy atom. The van der Waals surface area contributed by atoms with Crippen molar-refractivity contribution in [2.24, 2.45) is 5.92 Å². The van der Waals surface area contributed by atoms with Gasteiger partial charge in [0.1, 0.15) is 10.8 Å². The third-order valence-electron chi connectivity index (χ3n) is 3.81. The van der Waals surface area contributed by atoms with E-state index in [1.807, 2.05) is 19.1 Å². The first-order chi connectivity index (χ1) is 10.7. The van der Waals surface area contributed by atoms with E-state index in [4.69, 9.17) is 4.52 Å². The molecule has 6 heteroatoms. The van der Waals surface area contributed by atoms with E-state index in [0.717, 1.165) is 29.3 Å². The molecule has 2 aromatic heterocycles. The van der Waals surface area contributed by atoms with Crippen LogP contribution in [0.15, 0.2) is 33.9 Å². The quantitative estimate of drug-likeness (QED) is 0.829. The molecule has 1 aliphatic rings. The lowest BCUT2D eigenvalue weighted by Gasteiger charge is -2.08. The van der Waals surface area contributed by atoms with Gasteiger partial charge in [-0.15, -0.1) is 0 Å². The Morgan fingerprint density at radius 2 is 2.41 bits per heavy atom. The summed E-state index contributed by atoms with van der Waals surface area (Å²) < 4.78 is 5.05. The Kier molecular flexibility index (Phi) is 4.47. The normalized spacial score (nSPS) is 19.9. The van der Waals surface area contributed by atoms with Gasteiger partial charge in [-0.25, -0.2) is 4.98 Å². The predicted molar refractivity (Wildman–Crippen MR) is 84.7 cm³/mol. The molecule has 1 N–H and O–H groups in total. The van der Waals surface area contributed by atoms with E-state index in [2.05, 4.69) is 22.4 Å². The molecule has 1 amide bonds. The molecular weight excluding hydrogens is 298 g/mol. The number of rotatable bonds is 6. The molecule has 116 valence electrons. The van der Waals surface area contributed by atoms with Crippen molar-refractivity contribution in [3.8, 4) is 0 Å². The molecule has 2 heterocycles. The van der Waals surface area contributed by atoms with Crippen molar-refractivity contribution < 1.29 is 9.32 Å². The predicted octanol–water partition coefficient (Wildman–Crippen LogP) is 3.20. The second-order valence-corrected chi connectivity index (χ2v) is 6.52. The Labute approximate surface area is 133 Å². The first-order valence-corrected chi connectivity index (χ1v) is 8.46. The Morgan fingerprint density at radius 3 is 3.09 bits per heavy atom. The monoisotopic (exact) mass is 317 g/mol. The molecule has 0 spiro atoms. The smallest absolute Gasteiger partial charge is 0.254 e. The maximum absolute atomic E-state index is 12.4. The van der Waals surface area contributed by atoms with Crippen molar-refractivity contribution in [1.82, 2.24) is 15.5 Å². The molecule has 3 rings (SSSR count). The third kappa shape index (κ3) is 3.50. The van der Waals surface area contributed by atoms with Crippen LogP contribution >= 0.6 is 11.8 Å². The number of nitrogens with zero attached hydrogens (tertiary/aromatic N) is 2. The summed E-state index contributed by atoms with van der Waals surface area (Å²) in [4.78, 5) is 16.7. The Balaban J connectivity index is 1.65. The summed E-state index contributed by atoms with van der Waals surface area (Å²) in [7, 11) is 0. The zero-order valence-electron chi connectivity index (χ0n) is 12.7. The first kappa shape index (κ1) is 15.1. The fourth-order valence-corrected chi connectivity index (χ4v) is 3.30. The summed E-state index contributed by atoms with van der Waals surface area (Å²) in [6, 6.07) is 5.84. The maximum Gasteiger partial charge on any atom is 0.254 e. The maximum atomic E-state index is 12.4. The highest BCUT2D eigenvalue weighted by atomic mass is 32.2. The zero-order valence-corrected chi connectivity index (χ0v) is 13.5. The van der Waals surface area contributed by atoms with Crippen LogP contribution in [0.1, 0.15) is 41.6 Å². The molecule has 1 saturated carbocycles. The van der Waals surface area contributed by atoms with Crippen molar-refractivity contribution in [3.05, 3.63) is 41.4 Å². The number of aromatic nitrogens is 2. The SMILES string of the molecule is CC[C@@H]1C[C@@H]1NC(=O)c1cccnc1SCc1cc(C)on1. The molecule has 0 unspecified atom stereocenters. The van der Waals surface area contributed by atoms with Crippen LogP contribution in [0, 0.1) is 12.8 Å². The van der Waals surface area contributed by atoms with E-state index in [-0.39, 0.29) is 5.91 Å². The Hall–Kier alpha value is -1.82. The number of hydrogen-bond donors (Lipinski definition) is 1. The van der Waals surface area contributed by atoms with Gasteiger partial charge in [-0.1, -0.05) is 30.3 Å². The summed E-state index contributed by atoms with van der Waals surface area (Å²) >= 11 is 1.50. The van der Waals surface area contributed by atoms with Gasteiger partial charge in [-0.05, 0) is 31.4 Å². The molecule has 0 bridgehead atoms. The van der Waals surface area contributed by atoms with Crippen molar-refractivity contribution in [3.63, 3.8) is 0 Å². The lowest BCUT2D eigenvalue weighted by atomic mass is 10.2. The minimum atomic E-state index is -0.0344. The van der Waals surface area contributed by atoms with Crippen molar-refractivity contribution in [1.29, 1.82) is 0 Å². The molecule has 1 fully saturated rings. The van der Waals surface area contributed by atoms with Crippen LogP contribution in [-0.4, -0.2) is 22.1 Å². The number of nitrogens with one attached hydrogen (secondary N) is 1. The fraction of sp³-hybridized carbons (Fsp3) is 0.438. The van der Waals surface area contributed by atoms with Crippen molar-refractivity contribution in [2.75, 3.05) is 0 Å². The van der Waals surface area contributed by atoms with Gasteiger partial charge in [0.2, 0.25) is 0 Å². The average Bonchev–Trinajstić information content (AvgIpc) is 3.15. The van der Waals surface area contributed by atoms with Gasteiger partial charge >= 0.3 is 0 Å². The van der Waals surface area contributed by atoms with E-state index in [9.17, 15) is 4.79 Å². The summed E-state index contributed by atoms with van der Waals surface area (Å²) in [5.41, 5.74) is 1.49. The van der Waals surface area contributed by atoms with Gasteiger partial charge in [-0.3, -0.25) is 4.79 Å². The van der Waals surface area contributed by atoms with Gasteiger partial charge in [0.15, 0.2) is 0 Å². The number of carbonyl (C=O) groups is 1. The fourth-order valence-electron chi connectivity index (χ4n) is 2.43. The molecule has 0 aliphatic heterocycles. The number of aryl methyl sites for hydroxylation is 1. The van der Waals surface area contributed by atoms with Gasteiger partial charge in [0, 0.05) is 24.1 Å². The first-order valence-electron chi connectivity index (χ1n) is 7.48. The minimum Gasteiger partial charge on any atom is -0.361 e. The van der Waals surface area contributed by atoms with E-state index < -0.39 is 0 Å². The van der Waals surface area contributed by atoms with Crippen LogP contribution in [0.3, 0.4) is 0 Å². The van der Waals surface area contributed by atoms with Crippen LogP contribution in [0.5, 0.6) is 0 Å². The van der Waals surface area contributed by atoms with E-state index in [1.54, 1.807) is 12.3 Å². The van der Waals surface area contributed by atoms with Crippen molar-refractivity contribution >= 4 is 17.7 Å². The van der Waals surface area contributed by atoms with Crippen LogP contribution in [-0.2, 0) is 5.75 Å². The average molecular weight is 317 g/mol. The lowest BCUT2D eigenvalue weighted by molar-refractivity contribution is 0.0945. The van der Waals surface area contributed by atoms with Gasteiger partial charge in [-0.2, -0.15) is 0 Å². The van der Waals surface area contributed by atoms with E-state index in [0.29, 0.717) is 23.3 Å². The van der Waals surface area contributed by atoms with E-state index in [1.165, 1.54) is 11.8 Å². The highest BCUT2D eigenvalue weighted by Crippen LogP contribution is 2.33. The number of thioether (sulfide) groups is 1. The molecule has 0 saturated heterocycles. The molecule has 2 atom stereocenters. The molecule has 2 aromatic rings. The highest BCUT2D eigenvalue weighted by molar-refractivity contribution is 7.98. The summed E-state index contributed by atoms with van der Waals surface area (Å²) in [6.45, 7) is 4.02. The Bertz CT molecular complexity index is 671. The molecule has 5 nitrogen and oxygen atoms in total. The highest BCUT2D eigenvalue weighted by Gasteiger charge is 2.36. The van der Waals surface area contributed by atoms with Gasteiger partial charge in [0.25, 0.3) is 5.91 Å². The van der Waals surface area contributed by atoms with Crippen LogP contribution in [0.2, 0.25) is 0 Å². The number of carbonyl (C=O) groups excluding carboxylic acids is 1. The number of pyridine rings is 1. The van der Waals surface area contributed by atoms with Crippen LogP contribution in [0.4, 0.5) is 0 Å². The molecule has 0 aromatic carbocycles. The second kappa shape index (κ2) is 6.52. The molecule has 0 radical (unpaired) electrons.